The van der Waals surface area contributed by atoms with Crippen LogP contribution in [0.3, 0.4) is 0 Å². The van der Waals surface area contributed by atoms with E-state index in [0.717, 1.165) is 6.07 Å². The number of sulfonamides is 1. The molecule has 0 spiro atoms. The summed E-state index contributed by atoms with van der Waals surface area (Å²) in [5.41, 5.74) is -0.354. The standard InChI is InChI=1S/C28H31ClF2N4O6S2/c1-28(27(37)38)9-5-16(6-10-28)43(39,40)35-12-7-15(8-13-35)22-19(26(36)41-2)23(17-3-4-18(30)21(31)20(17)29)34-24(33-22)25-32-11-14-42-25/h3-4,11,14-16,23H,5-10,12-13H2,1-2H3,(H,33,34)(H,37,38)/t16?,23-,28?/m1/s1. The number of halogens is 3. The van der Waals surface area contributed by atoms with Gasteiger partial charge in [0.25, 0.3) is 0 Å². The van der Waals surface area contributed by atoms with E-state index in [1.807, 2.05) is 0 Å². The molecule has 5 rings (SSSR count). The van der Waals surface area contributed by atoms with Gasteiger partial charge in [-0.25, -0.2) is 31.3 Å². The maximum absolute atomic E-state index is 14.6. The molecular weight excluding hydrogens is 626 g/mol. The summed E-state index contributed by atoms with van der Waals surface area (Å²) < 4.78 is 62.1. The van der Waals surface area contributed by atoms with Gasteiger partial charge in [0.05, 0.1) is 28.4 Å². The number of hydrogen-bond donors (Lipinski definition) is 2. The van der Waals surface area contributed by atoms with Crippen molar-refractivity contribution in [3.63, 3.8) is 0 Å². The Bertz CT molecular complexity index is 1580. The Morgan fingerprint density at radius 1 is 1.19 bits per heavy atom. The minimum atomic E-state index is -3.68. The van der Waals surface area contributed by atoms with Crippen molar-refractivity contribution in [3.05, 3.63) is 62.2 Å². The largest absolute Gasteiger partial charge is 0.481 e. The van der Waals surface area contributed by atoms with Crippen molar-refractivity contribution < 1.29 is 36.6 Å². The zero-order chi connectivity index (χ0) is 31.1. The van der Waals surface area contributed by atoms with Crippen LogP contribution in [-0.4, -0.2) is 66.0 Å². The van der Waals surface area contributed by atoms with E-state index in [0.29, 0.717) is 29.4 Å². The maximum Gasteiger partial charge on any atom is 0.338 e. The number of thiazole rings is 1. The Hall–Kier alpha value is -2.94. The van der Waals surface area contributed by atoms with Crippen molar-refractivity contribution in [3.8, 4) is 0 Å². The average molecular weight is 657 g/mol. The lowest BCUT2D eigenvalue weighted by molar-refractivity contribution is -0.149. The zero-order valence-corrected chi connectivity index (χ0v) is 25.9. The van der Waals surface area contributed by atoms with Gasteiger partial charge in [0.1, 0.15) is 6.04 Å². The SMILES string of the molecule is COC(=O)C1=C(C2CCN(S(=O)(=O)C3CCC(C)(C(=O)O)CC3)CC2)NC(c2nccs2)=N[C@@H]1c1ccc(F)c(F)c1Cl. The second-order valence-electron chi connectivity index (χ2n) is 11.2. The van der Waals surface area contributed by atoms with E-state index < -0.39 is 55.3 Å². The summed E-state index contributed by atoms with van der Waals surface area (Å²) in [4.78, 5) is 33.8. The molecule has 1 atom stereocenters. The van der Waals surface area contributed by atoms with Crippen molar-refractivity contribution in [2.75, 3.05) is 20.2 Å². The predicted molar refractivity (Wildman–Crippen MR) is 156 cm³/mol. The summed E-state index contributed by atoms with van der Waals surface area (Å²) in [6.07, 6.45) is 3.40. The molecule has 232 valence electrons. The molecule has 1 aromatic carbocycles. The van der Waals surface area contributed by atoms with E-state index in [1.165, 1.54) is 28.8 Å². The molecule has 2 fully saturated rings. The number of nitrogens with one attached hydrogen (secondary N) is 1. The first-order valence-electron chi connectivity index (χ1n) is 13.8. The molecule has 1 aliphatic carbocycles. The van der Waals surface area contributed by atoms with Crippen molar-refractivity contribution in [1.82, 2.24) is 14.6 Å². The van der Waals surface area contributed by atoms with Crippen LogP contribution in [0.2, 0.25) is 5.02 Å². The molecule has 2 aromatic rings. The Kier molecular flexibility index (Phi) is 8.94. The summed E-state index contributed by atoms with van der Waals surface area (Å²) in [6, 6.07) is 1.05. The van der Waals surface area contributed by atoms with E-state index in [4.69, 9.17) is 16.3 Å². The number of aliphatic imine (C=N–C) groups is 1. The number of rotatable bonds is 7. The van der Waals surface area contributed by atoms with Gasteiger partial charge in [-0.1, -0.05) is 17.7 Å². The highest BCUT2D eigenvalue weighted by molar-refractivity contribution is 7.89. The third-order valence-corrected chi connectivity index (χ3v) is 12.2. The van der Waals surface area contributed by atoms with Gasteiger partial charge in [0.15, 0.2) is 22.5 Å². The first-order valence-corrected chi connectivity index (χ1v) is 16.6. The van der Waals surface area contributed by atoms with Gasteiger partial charge in [-0.2, -0.15) is 0 Å². The van der Waals surface area contributed by atoms with E-state index in [1.54, 1.807) is 18.5 Å². The molecule has 43 heavy (non-hydrogen) atoms. The monoisotopic (exact) mass is 656 g/mol. The Morgan fingerprint density at radius 3 is 2.44 bits per heavy atom. The normalized spacial score (nSPS) is 25.7. The highest BCUT2D eigenvalue weighted by Gasteiger charge is 2.44. The third-order valence-electron chi connectivity index (χ3n) is 8.67. The summed E-state index contributed by atoms with van der Waals surface area (Å²) >= 11 is 7.52. The van der Waals surface area contributed by atoms with Gasteiger partial charge < -0.3 is 15.2 Å². The Morgan fingerprint density at radius 2 is 1.86 bits per heavy atom. The number of carboxylic acid groups (broad SMARTS) is 1. The molecule has 15 heteroatoms. The lowest BCUT2D eigenvalue weighted by atomic mass is 9.76. The number of hydrogen-bond acceptors (Lipinski definition) is 9. The molecule has 2 aliphatic heterocycles. The van der Waals surface area contributed by atoms with Crippen molar-refractivity contribution in [1.29, 1.82) is 0 Å². The number of esters is 1. The number of amidine groups is 1. The topological polar surface area (TPSA) is 138 Å². The predicted octanol–water partition coefficient (Wildman–Crippen LogP) is 4.67. The number of ether oxygens (including phenoxy) is 1. The average Bonchev–Trinajstić information content (AvgIpc) is 3.55. The van der Waals surface area contributed by atoms with Crippen LogP contribution >= 0.6 is 22.9 Å². The van der Waals surface area contributed by atoms with Gasteiger partial charge in [-0.3, -0.25) is 9.79 Å². The fraction of sp³-hybridized carbons (Fsp3) is 0.500. The van der Waals surface area contributed by atoms with Gasteiger partial charge >= 0.3 is 11.9 Å². The van der Waals surface area contributed by atoms with E-state index >= 15 is 0 Å². The smallest absolute Gasteiger partial charge is 0.338 e. The number of nitrogens with zero attached hydrogens (tertiary/aromatic N) is 3. The molecule has 1 saturated carbocycles. The van der Waals surface area contributed by atoms with Crippen LogP contribution in [0, 0.1) is 23.0 Å². The Balaban J connectivity index is 1.44. The lowest BCUT2D eigenvalue weighted by Crippen LogP contribution is -2.47. The van der Waals surface area contributed by atoms with Crippen molar-refractivity contribution >= 4 is 50.7 Å². The first-order chi connectivity index (χ1) is 20.4. The summed E-state index contributed by atoms with van der Waals surface area (Å²) in [6.45, 7) is 2.01. The molecule has 0 bridgehead atoms. The zero-order valence-electron chi connectivity index (χ0n) is 23.5. The van der Waals surface area contributed by atoms with Crippen LogP contribution in [-0.2, 0) is 24.3 Å². The molecule has 10 nitrogen and oxygen atoms in total. The Labute approximate surface area is 256 Å². The quantitative estimate of drug-likeness (QED) is 0.324. The maximum atomic E-state index is 14.6. The van der Waals surface area contributed by atoms with E-state index in [2.05, 4.69) is 15.3 Å². The third kappa shape index (κ3) is 5.94. The first kappa shape index (κ1) is 31.5. The number of carbonyl (C=O) groups excluding carboxylic acids is 1. The van der Waals surface area contributed by atoms with Gasteiger partial charge in [-0.15, -0.1) is 11.3 Å². The molecule has 2 N–H and O–H groups in total. The van der Waals surface area contributed by atoms with Crippen LogP contribution in [0.1, 0.15) is 62.1 Å². The fourth-order valence-corrected chi connectivity index (χ4v) is 8.81. The number of benzene rings is 1. The molecular formula is C28H31ClF2N4O6S2. The number of allylic oxidation sites excluding steroid dienone is 1. The van der Waals surface area contributed by atoms with Gasteiger partial charge in [0, 0.05) is 41.8 Å². The van der Waals surface area contributed by atoms with Crippen molar-refractivity contribution in [2.24, 2.45) is 16.3 Å². The van der Waals surface area contributed by atoms with Gasteiger partial charge in [-0.05, 0) is 51.5 Å². The second-order valence-corrected chi connectivity index (χ2v) is 14.7. The van der Waals surface area contributed by atoms with Crippen molar-refractivity contribution in [2.45, 2.75) is 56.7 Å². The number of carbonyl (C=O) groups is 2. The highest BCUT2D eigenvalue weighted by Crippen LogP contribution is 2.42. The molecule has 0 radical (unpaired) electrons. The van der Waals surface area contributed by atoms with Crippen LogP contribution in [0.25, 0.3) is 0 Å². The summed E-state index contributed by atoms with van der Waals surface area (Å²) in [7, 11) is -2.48. The van der Waals surface area contributed by atoms with Crippen LogP contribution in [0.4, 0.5) is 8.78 Å². The number of methoxy groups -OCH3 is 1. The van der Waals surface area contributed by atoms with Crippen LogP contribution in [0.5, 0.6) is 0 Å². The number of aromatic nitrogens is 1. The number of carboxylic acids is 1. The minimum absolute atomic E-state index is 0.0669. The van der Waals surface area contributed by atoms with Gasteiger partial charge in [0.2, 0.25) is 10.0 Å². The van der Waals surface area contributed by atoms with Crippen LogP contribution in [0.15, 0.2) is 40.0 Å². The molecule has 3 heterocycles. The van der Waals surface area contributed by atoms with E-state index in [9.17, 15) is 31.9 Å². The molecule has 1 saturated heterocycles. The highest BCUT2D eigenvalue weighted by atomic mass is 35.5. The molecule has 1 aromatic heterocycles. The summed E-state index contributed by atoms with van der Waals surface area (Å²) in [5.74, 6) is -4.09. The number of aliphatic carboxylic acids is 1. The van der Waals surface area contributed by atoms with E-state index in [-0.39, 0.29) is 55.8 Å². The lowest BCUT2D eigenvalue weighted by Gasteiger charge is -2.39. The number of piperidine rings is 1. The van der Waals surface area contributed by atoms with Crippen LogP contribution < -0.4 is 5.32 Å². The fourth-order valence-electron chi connectivity index (χ4n) is 6.00. The second kappa shape index (κ2) is 12.2. The molecule has 0 unspecified atom stereocenters. The minimum Gasteiger partial charge on any atom is -0.481 e. The summed E-state index contributed by atoms with van der Waals surface area (Å²) in [5, 5.41) is 13.8. The molecule has 0 amide bonds. The molecule has 3 aliphatic rings.